The molecule has 0 aromatic rings. The molecule has 3 nitrogen and oxygen atoms in total. The number of hydrogen-bond donors (Lipinski definition) is 1. The van der Waals surface area contributed by atoms with Gasteiger partial charge >= 0.3 is 0 Å². The van der Waals surface area contributed by atoms with Gasteiger partial charge in [0.1, 0.15) is 0 Å². The first-order valence-electron chi connectivity index (χ1n) is 3.15. The van der Waals surface area contributed by atoms with Gasteiger partial charge in [-0.1, -0.05) is 6.92 Å². The summed E-state index contributed by atoms with van der Waals surface area (Å²) in [5, 5.41) is 1.31. The lowest BCUT2D eigenvalue weighted by Gasteiger charge is -2.27. The van der Waals surface area contributed by atoms with Gasteiger partial charge in [0.15, 0.2) is 0 Å². The fraction of sp³-hybridized carbons (Fsp3) is 0.667. The third kappa shape index (κ3) is 1.20. The molecule has 2 amide bonds. The first-order valence-corrected chi connectivity index (χ1v) is 3.15. The summed E-state index contributed by atoms with van der Waals surface area (Å²) in [7, 11) is 5.52. The van der Waals surface area contributed by atoms with E-state index in [-0.39, 0.29) is 11.8 Å². The van der Waals surface area contributed by atoms with Gasteiger partial charge in [-0.25, -0.2) is 0 Å². The van der Waals surface area contributed by atoms with Crippen molar-refractivity contribution in [3.05, 3.63) is 0 Å². The average molecular weight is 137 g/mol. The molecule has 10 heavy (non-hydrogen) atoms. The number of hydrogen-bond acceptors (Lipinski definition) is 2. The van der Waals surface area contributed by atoms with Crippen molar-refractivity contribution in [3.8, 4) is 0 Å². The minimum atomic E-state index is -0.853. The highest BCUT2D eigenvalue weighted by Crippen LogP contribution is 2.29. The monoisotopic (exact) mass is 137 g/mol. The lowest BCUT2D eigenvalue weighted by atomic mass is 9.65. The van der Waals surface area contributed by atoms with Crippen molar-refractivity contribution in [1.29, 1.82) is 0 Å². The van der Waals surface area contributed by atoms with E-state index in [0.717, 1.165) is 0 Å². The van der Waals surface area contributed by atoms with Gasteiger partial charge in [0, 0.05) is 11.7 Å². The summed E-state index contributed by atoms with van der Waals surface area (Å²) in [6.07, 6.45) is 0.788. The molecule has 1 unspecified atom stereocenters. The number of piperidine rings is 1. The molecule has 0 saturated carbocycles. The Morgan fingerprint density at radius 1 is 1.60 bits per heavy atom. The minimum absolute atomic E-state index is 0.229. The van der Waals surface area contributed by atoms with Gasteiger partial charge in [0.2, 0.25) is 11.8 Å². The van der Waals surface area contributed by atoms with E-state index in [1.165, 1.54) is 0 Å². The number of nitrogens with one attached hydrogen (secondary N) is 1. The van der Waals surface area contributed by atoms with Gasteiger partial charge in [-0.2, -0.15) is 0 Å². The van der Waals surface area contributed by atoms with Crippen LogP contribution in [0.25, 0.3) is 0 Å². The summed E-state index contributed by atoms with van der Waals surface area (Å²) >= 11 is 0. The van der Waals surface area contributed by atoms with Crippen LogP contribution in [0.3, 0.4) is 0 Å². The first kappa shape index (κ1) is 7.31. The van der Waals surface area contributed by atoms with E-state index in [1.54, 1.807) is 6.92 Å². The van der Waals surface area contributed by atoms with Crippen molar-refractivity contribution < 1.29 is 9.59 Å². The third-order valence-corrected chi connectivity index (χ3v) is 1.64. The number of rotatable bonds is 0. The summed E-state index contributed by atoms with van der Waals surface area (Å²) in [5.41, 5.74) is 0. The van der Waals surface area contributed by atoms with Gasteiger partial charge in [0.25, 0.3) is 0 Å². The second-order valence-electron chi connectivity index (χ2n) is 2.79. The maximum absolute atomic E-state index is 10.9. The van der Waals surface area contributed by atoms with Crippen molar-refractivity contribution >= 4 is 19.7 Å². The molecule has 0 aromatic heterocycles. The molecule has 2 radical (unpaired) electrons. The van der Waals surface area contributed by atoms with E-state index in [1.807, 2.05) is 0 Å². The molecule has 1 saturated heterocycles. The van der Waals surface area contributed by atoms with Gasteiger partial charge in [-0.05, 0) is 6.42 Å². The lowest BCUT2D eigenvalue weighted by Crippen LogP contribution is -2.43. The highest BCUT2D eigenvalue weighted by Gasteiger charge is 2.32. The van der Waals surface area contributed by atoms with Crippen LogP contribution in [0.5, 0.6) is 0 Å². The summed E-state index contributed by atoms with van der Waals surface area (Å²) in [5.74, 6) is -0.600. The molecule has 0 aromatic carbocycles. The Kier molecular flexibility index (Phi) is 1.54. The van der Waals surface area contributed by atoms with Crippen LogP contribution in [0.15, 0.2) is 0 Å². The standard InChI is InChI=1S/C6H8BNO2/c1-6(7)3-2-4(9)8-5(6)10/h2-3H2,1H3,(H,8,9,10). The predicted molar refractivity (Wildman–Crippen MR) is 36.5 cm³/mol. The number of amides is 2. The van der Waals surface area contributed by atoms with E-state index in [9.17, 15) is 9.59 Å². The Morgan fingerprint density at radius 2 is 2.20 bits per heavy atom. The molecule has 1 fully saturated rings. The number of imide groups is 1. The molecule has 1 heterocycles. The molecule has 4 heteroatoms. The minimum Gasteiger partial charge on any atom is -0.297 e. The SMILES string of the molecule is [B]C1(C)CCC(=O)NC1=O. The van der Waals surface area contributed by atoms with Crippen molar-refractivity contribution in [1.82, 2.24) is 5.32 Å². The summed E-state index contributed by atoms with van der Waals surface area (Å²) < 4.78 is 0. The second-order valence-corrected chi connectivity index (χ2v) is 2.79. The Hall–Kier alpha value is -0.795. The second kappa shape index (κ2) is 2.11. The highest BCUT2D eigenvalue weighted by atomic mass is 16.2. The van der Waals surface area contributed by atoms with Gasteiger partial charge in [-0.15, -0.1) is 0 Å². The number of carbonyl (C=O) groups is 2. The lowest BCUT2D eigenvalue weighted by molar-refractivity contribution is -0.135. The highest BCUT2D eigenvalue weighted by molar-refractivity contribution is 6.30. The van der Waals surface area contributed by atoms with E-state index >= 15 is 0 Å². The zero-order chi connectivity index (χ0) is 7.78. The summed E-state index contributed by atoms with van der Waals surface area (Å²) in [6, 6.07) is 0. The molecular formula is C6H8BNO2. The zero-order valence-electron chi connectivity index (χ0n) is 5.81. The Bertz CT molecular complexity index is 188. The smallest absolute Gasteiger partial charge is 0.226 e. The Balaban J connectivity index is 2.70. The van der Waals surface area contributed by atoms with Crippen LogP contribution in [-0.2, 0) is 9.59 Å². The van der Waals surface area contributed by atoms with Crippen LogP contribution in [0.2, 0.25) is 5.31 Å². The largest absolute Gasteiger partial charge is 0.297 e. The van der Waals surface area contributed by atoms with Crippen molar-refractivity contribution in [2.75, 3.05) is 0 Å². The van der Waals surface area contributed by atoms with Crippen molar-refractivity contribution in [2.45, 2.75) is 25.1 Å². The van der Waals surface area contributed by atoms with Crippen LogP contribution < -0.4 is 5.32 Å². The van der Waals surface area contributed by atoms with Crippen LogP contribution in [-0.4, -0.2) is 19.7 Å². The molecule has 0 spiro atoms. The van der Waals surface area contributed by atoms with Crippen LogP contribution in [0, 0.1) is 0 Å². The molecule has 1 atom stereocenters. The molecule has 1 aliphatic rings. The molecular weight excluding hydrogens is 129 g/mol. The maximum atomic E-state index is 10.9. The summed E-state index contributed by atoms with van der Waals surface area (Å²) in [4.78, 5) is 21.4. The first-order chi connectivity index (χ1) is 4.52. The van der Waals surface area contributed by atoms with Crippen molar-refractivity contribution in [2.24, 2.45) is 0 Å². The predicted octanol–water partition coefficient (Wildman–Crippen LogP) is -0.230. The Labute approximate surface area is 60.6 Å². The topological polar surface area (TPSA) is 46.2 Å². The molecule has 52 valence electrons. The quantitative estimate of drug-likeness (QED) is 0.370. The van der Waals surface area contributed by atoms with E-state index in [0.29, 0.717) is 12.8 Å². The third-order valence-electron chi connectivity index (χ3n) is 1.64. The molecule has 1 aliphatic heterocycles. The van der Waals surface area contributed by atoms with Crippen LogP contribution in [0.4, 0.5) is 0 Å². The number of carbonyl (C=O) groups excluding carboxylic acids is 2. The van der Waals surface area contributed by atoms with Crippen LogP contribution in [0.1, 0.15) is 19.8 Å². The van der Waals surface area contributed by atoms with Crippen molar-refractivity contribution in [3.63, 3.8) is 0 Å². The average Bonchev–Trinajstić information content (AvgIpc) is 1.81. The summed E-state index contributed by atoms with van der Waals surface area (Å²) in [6.45, 7) is 1.62. The van der Waals surface area contributed by atoms with E-state index < -0.39 is 5.31 Å². The zero-order valence-corrected chi connectivity index (χ0v) is 5.81. The van der Waals surface area contributed by atoms with E-state index in [2.05, 4.69) is 5.32 Å². The normalized spacial score (nSPS) is 33.7. The Morgan fingerprint density at radius 3 is 2.60 bits per heavy atom. The fourth-order valence-electron chi connectivity index (χ4n) is 0.819. The van der Waals surface area contributed by atoms with Gasteiger partial charge in [-0.3, -0.25) is 14.9 Å². The van der Waals surface area contributed by atoms with E-state index in [4.69, 9.17) is 7.85 Å². The molecule has 0 aliphatic carbocycles. The molecule has 1 N–H and O–H groups in total. The van der Waals surface area contributed by atoms with Gasteiger partial charge < -0.3 is 0 Å². The fourth-order valence-corrected chi connectivity index (χ4v) is 0.819. The molecule has 0 bridgehead atoms. The van der Waals surface area contributed by atoms with Gasteiger partial charge in [0.05, 0.1) is 7.85 Å². The van der Waals surface area contributed by atoms with Crippen LogP contribution >= 0.6 is 0 Å². The maximum Gasteiger partial charge on any atom is 0.226 e. The molecule has 1 rings (SSSR count).